The lowest BCUT2D eigenvalue weighted by molar-refractivity contribution is -0.116. The van der Waals surface area contributed by atoms with E-state index in [1.807, 2.05) is 31.2 Å². The van der Waals surface area contributed by atoms with E-state index in [1.165, 1.54) is 6.07 Å². The van der Waals surface area contributed by atoms with E-state index in [0.717, 1.165) is 17.5 Å². The fraction of sp³-hybridized carbons (Fsp3) is 0.263. The van der Waals surface area contributed by atoms with Gasteiger partial charge in [-0.15, -0.1) is 0 Å². The first-order valence-electron chi connectivity index (χ1n) is 8.37. The number of anilines is 1. The average molecular weight is 339 g/mol. The second-order valence-corrected chi connectivity index (χ2v) is 5.89. The summed E-state index contributed by atoms with van der Waals surface area (Å²) >= 11 is 0. The molecule has 1 amide bonds. The van der Waals surface area contributed by atoms with Gasteiger partial charge in [-0.3, -0.25) is 13.9 Å². The third kappa shape index (κ3) is 3.42. The zero-order valence-corrected chi connectivity index (χ0v) is 14.1. The first kappa shape index (κ1) is 16.8. The van der Waals surface area contributed by atoms with Gasteiger partial charge in [0.15, 0.2) is 0 Å². The van der Waals surface area contributed by atoms with E-state index >= 15 is 0 Å². The van der Waals surface area contributed by atoms with Crippen LogP contribution in [0.3, 0.4) is 0 Å². The Morgan fingerprint density at radius 2 is 1.60 bits per heavy atom. The molecule has 1 aromatic heterocycles. The molecule has 0 saturated heterocycles. The van der Waals surface area contributed by atoms with E-state index in [1.54, 1.807) is 27.3 Å². The Balaban J connectivity index is 1.79. The summed E-state index contributed by atoms with van der Waals surface area (Å²) < 4.78 is 3.38. The van der Waals surface area contributed by atoms with Crippen molar-refractivity contribution in [3.05, 3.63) is 59.0 Å². The first-order chi connectivity index (χ1) is 12.1. The minimum absolute atomic E-state index is 0.0209. The molecule has 0 fully saturated rings. The third-order valence-corrected chi connectivity index (χ3v) is 4.11. The van der Waals surface area contributed by atoms with E-state index < -0.39 is 0 Å². The molecule has 130 valence electrons. The topological polar surface area (TPSA) is 76.3 Å². The predicted octanol–water partition coefficient (Wildman–Crippen LogP) is 2.95. The van der Waals surface area contributed by atoms with Crippen LogP contribution >= 0.6 is 0 Å². The van der Waals surface area contributed by atoms with Gasteiger partial charge in [-0.25, -0.2) is 4.79 Å². The molecular weight excluding hydrogens is 318 g/mol. The molecule has 0 saturated carbocycles. The molecule has 3 rings (SSSR count). The van der Waals surface area contributed by atoms with Crippen molar-refractivity contribution in [3.8, 4) is 5.75 Å². The van der Waals surface area contributed by atoms with E-state index in [9.17, 15) is 14.7 Å². The number of hydrogen-bond acceptors (Lipinski definition) is 3. The fourth-order valence-electron chi connectivity index (χ4n) is 2.93. The van der Waals surface area contributed by atoms with Crippen LogP contribution in [-0.4, -0.2) is 20.1 Å². The van der Waals surface area contributed by atoms with Crippen molar-refractivity contribution < 1.29 is 9.90 Å². The molecule has 25 heavy (non-hydrogen) atoms. The van der Waals surface area contributed by atoms with Crippen LogP contribution < -0.4 is 11.0 Å². The summed E-state index contributed by atoms with van der Waals surface area (Å²) in [5, 5.41) is 12.4. The zero-order chi connectivity index (χ0) is 17.8. The molecule has 0 aliphatic carbocycles. The highest BCUT2D eigenvalue weighted by Gasteiger charge is 2.13. The average Bonchev–Trinajstić information content (AvgIpc) is 2.88. The second kappa shape index (κ2) is 7.25. The number of carbonyl (C=O) groups is 1. The van der Waals surface area contributed by atoms with Gasteiger partial charge in [-0.05, 0) is 30.7 Å². The Morgan fingerprint density at radius 1 is 1.00 bits per heavy atom. The highest BCUT2D eigenvalue weighted by molar-refractivity contribution is 5.92. The van der Waals surface area contributed by atoms with Crippen LogP contribution in [0, 0.1) is 0 Å². The first-order valence-corrected chi connectivity index (χ1v) is 8.37. The SMILES string of the molecule is CCCn1c(=O)n(CCC(=O)Nc2ccccc2O)c2ccccc21. The van der Waals surface area contributed by atoms with Crippen LogP contribution in [0.4, 0.5) is 5.69 Å². The van der Waals surface area contributed by atoms with E-state index in [-0.39, 0.29) is 30.3 Å². The minimum Gasteiger partial charge on any atom is -0.506 e. The van der Waals surface area contributed by atoms with Gasteiger partial charge < -0.3 is 10.4 Å². The molecule has 3 aromatic rings. The number of benzene rings is 2. The van der Waals surface area contributed by atoms with Gasteiger partial charge in [0.1, 0.15) is 5.75 Å². The molecule has 2 aromatic carbocycles. The van der Waals surface area contributed by atoms with Crippen LogP contribution in [0.2, 0.25) is 0 Å². The van der Waals surface area contributed by atoms with Gasteiger partial charge in [0.2, 0.25) is 5.91 Å². The Kier molecular flexibility index (Phi) is 4.88. The Morgan fingerprint density at radius 3 is 2.24 bits per heavy atom. The summed E-state index contributed by atoms with van der Waals surface area (Å²) in [6.07, 6.45) is 1.01. The highest BCUT2D eigenvalue weighted by Crippen LogP contribution is 2.21. The molecule has 6 heteroatoms. The summed E-state index contributed by atoms with van der Waals surface area (Å²) in [7, 11) is 0. The number of amides is 1. The van der Waals surface area contributed by atoms with Gasteiger partial charge in [-0.2, -0.15) is 0 Å². The van der Waals surface area contributed by atoms with Gasteiger partial charge in [0, 0.05) is 19.5 Å². The van der Waals surface area contributed by atoms with Crippen molar-refractivity contribution in [2.75, 3.05) is 5.32 Å². The number of carbonyl (C=O) groups excluding carboxylic acids is 1. The monoisotopic (exact) mass is 339 g/mol. The lowest BCUT2D eigenvalue weighted by Gasteiger charge is -2.07. The maximum absolute atomic E-state index is 12.7. The van der Waals surface area contributed by atoms with Crippen LogP contribution in [0.15, 0.2) is 53.3 Å². The van der Waals surface area contributed by atoms with E-state index in [2.05, 4.69) is 5.32 Å². The summed E-state index contributed by atoms with van der Waals surface area (Å²) in [5.41, 5.74) is 1.98. The number of para-hydroxylation sites is 4. The number of phenols is 1. The molecule has 0 aliphatic heterocycles. The van der Waals surface area contributed by atoms with Crippen LogP contribution in [0.25, 0.3) is 11.0 Å². The van der Waals surface area contributed by atoms with E-state index in [4.69, 9.17) is 0 Å². The largest absolute Gasteiger partial charge is 0.506 e. The molecule has 1 heterocycles. The van der Waals surface area contributed by atoms with Crippen molar-refractivity contribution in [3.63, 3.8) is 0 Å². The number of hydrogen-bond donors (Lipinski definition) is 2. The van der Waals surface area contributed by atoms with Crippen molar-refractivity contribution in [1.29, 1.82) is 0 Å². The van der Waals surface area contributed by atoms with Crippen molar-refractivity contribution in [1.82, 2.24) is 9.13 Å². The number of aryl methyl sites for hydroxylation is 2. The van der Waals surface area contributed by atoms with Crippen LogP contribution in [-0.2, 0) is 17.9 Å². The molecule has 0 radical (unpaired) electrons. The molecule has 0 unspecified atom stereocenters. The standard InChI is InChI=1S/C19H21N3O3/c1-2-12-21-15-8-4-5-9-16(15)22(19(21)25)13-11-18(24)20-14-7-3-6-10-17(14)23/h3-10,23H,2,11-13H2,1H3,(H,20,24). The number of rotatable bonds is 6. The van der Waals surface area contributed by atoms with Crippen LogP contribution in [0.5, 0.6) is 5.75 Å². The lowest BCUT2D eigenvalue weighted by atomic mass is 10.2. The Bertz CT molecular complexity index is 956. The second-order valence-electron chi connectivity index (χ2n) is 5.89. The van der Waals surface area contributed by atoms with Crippen molar-refractivity contribution >= 4 is 22.6 Å². The number of phenolic OH excluding ortho intramolecular Hbond substituents is 1. The van der Waals surface area contributed by atoms with Gasteiger partial charge >= 0.3 is 5.69 Å². The summed E-state index contributed by atoms with van der Waals surface area (Å²) in [4.78, 5) is 24.8. The smallest absolute Gasteiger partial charge is 0.329 e. The Labute approximate surface area is 145 Å². The van der Waals surface area contributed by atoms with E-state index in [0.29, 0.717) is 12.2 Å². The lowest BCUT2D eigenvalue weighted by Crippen LogP contribution is -2.26. The third-order valence-electron chi connectivity index (χ3n) is 4.11. The highest BCUT2D eigenvalue weighted by atomic mass is 16.3. The van der Waals surface area contributed by atoms with Crippen molar-refractivity contribution in [2.24, 2.45) is 0 Å². The Hall–Kier alpha value is -3.02. The number of aromatic hydroxyl groups is 1. The molecule has 0 bridgehead atoms. The number of imidazole rings is 1. The molecule has 0 atom stereocenters. The number of fused-ring (bicyclic) bond motifs is 1. The minimum atomic E-state index is -0.249. The maximum atomic E-state index is 12.7. The number of aromatic nitrogens is 2. The quantitative estimate of drug-likeness (QED) is 0.678. The predicted molar refractivity (Wildman–Crippen MR) is 97.8 cm³/mol. The molecular formula is C19H21N3O3. The summed E-state index contributed by atoms with van der Waals surface area (Å²) in [6, 6.07) is 14.2. The molecule has 0 aliphatic rings. The van der Waals surface area contributed by atoms with Gasteiger partial charge in [-0.1, -0.05) is 31.2 Å². The summed E-state index contributed by atoms with van der Waals surface area (Å²) in [5.74, 6) is -0.228. The van der Waals surface area contributed by atoms with Crippen LogP contribution in [0.1, 0.15) is 19.8 Å². The fourth-order valence-corrected chi connectivity index (χ4v) is 2.93. The normalized spacial score (nSPS) is 10.9. The maximum Gasteiger partial charge on any atom is 0.329 e. The van der Waals surface area contributed by atoms with Gasteiger partial charge in [0.05, 0.1) is 16.7 Å². The number of nitrogens with zero attached hydrogens (tertiary/aromatic N) is 2. The zero-order valence-electron chi connectivity index (χ0n) is 14.1. The summed E-state index contributed by atoms with van der Waals surface area (Å²) in [6.45, 7) is 2.96. The van der Waals surface area contributed by atoms with Crippen molar-refractivity contribution in [2.45, 2.75) is 32.9 Å². The van der Waals surface area contributed by atoms with Gasteiger partial charge in [0.25, 0.3) is 0 Å². The molecule has 6 nitrogen and oxygen atoms in total. The molecule has 0 spiro atoms. The number of nitrogens with one attached hydrogen (secondary N) is 1. The molecule has 2 N–H and O–H groups in total.